The molecule has 2 amide bonds. The summed E-state index contributed by atoms with van der Waals surface area (Å²) in [6.45, 7) is 0.225. The highest BCUT2D eigenvalue weighted by Crippen LogP contribution is 2.17. The maximum Gasteiger partial charge on any atom is 0.319 e. The van der Waals surface area contributed by atoms with Gasteiger partial charge in [0.15, 0.2) is 0 Å². The molecule has 126 valence electrons. The van der Waals surface area contributed by atoms with Gasteiger partial charge in [0.1, 0.15) is 12.1 Å². The minimum Gasteiger partial charge on any atom is -0.332 e. The highest BCUT2D eigenvalue weighted by molar-refractivity contribution is 6.30. The first-order chi connectivity index (χ1) is 12.1. The van der Waals surface area contributed by atoms with Crippen molar-refractivity contribution in [2.75, 3.05) is 5.32 Å². The van der Waals surface area contributed by atoms with E-state index < -0.39 is 0 Å². The molecule has 0 saturated carbocycles. The van der Waals surface area contributed by atoms with Crippen LogP contribution in [-0.2, 0) is 6.54 Å². The van der Waals surface area contributed by atoms with Crippen LogP contribution in [0.15, 0.2) is 60.9 Å². The Bertz CT molecular complexity index is 886. The molecule has 0 unspecified atom stereocenters. The molecule has 0 aliphatic heterocycles. The van der Waals surface area contributed by atoms with Crippen molar-refractivity contribution in [2.45, 2.75) is 6.54 Å². The van der Waals surface area contributed by atoms with E-state index in [-0.39, 0.29) is 18.4 Å². The minimum atomic E-state index is -0.371. The van der Waals surface area contributed by atoms with Crippen molar-refractivity contribution < 1.29 is 9.18 Å². The Morgan fingerprint density at radius 1 is 1.08 bits per heavy atom. The largest absolute Gasteiger partial charge is 0.332 e. The first kappa shape index (κ1) is 16.9. The van der Waals surface area contributed by atoms with Gasteiger partial charge in [-0.05, 0) is 48.5 Å². The second-order valence-corrected chi connectivity index (χ2v) is 5.66. The number of benzene rings is 2. The summed E-state index contributed by atoms with van der Waals surface area (Å²) in [4.78, 5) is 20.2. The predicted octanol–water partition coefficient (Wildman–Crippen LogP) is 4.26. The molecule has 0 fully saturated rings. The number of carbonyl (C=O) groups is 1. The van der Waals surface area contributed by atoms with Crippen molar-refractivity contribution in [2.24, 2.45) is 0 Å². The summed E-state index contributed by atoms with van der Waals surface area (Å²) in [5.41, 5.74) is 2.66. The number of anilines is 1. The van der Waals surface area contributed by atoms with Gasteiger partial charge in [-0.2, -0.15) is 0 Å². The van der Waals surface area contributed by atoms with Crippen molar-refractivity contribution in [3.8, 4) is 11.3 Å². The first-order valence-electron chi connectivity index (χ1n) is 7.47. The Hall–Kier alpha value is -2.99. The summed E-state index contributed by atoms with van der Waals surface area (Å²) in [5.74, 6) is -0.308. The van der Waals surface area contributed by atoms with E-state index in [1.807, 2.05) is 0 Å². The van der Waals surface area contributed by atoms with Gasteiger partial charge in [0.25, 0.3) is 0 Å². The van der Waals surface area contributed by atoms with Crippen molar-refractivity contribution in [3.05, 3.63) is 77.5 Å². The number of nitrogens with one attached hydrogen (secondary N) is 2. The molecular formula is C18H14ClFN4O. The molecule has 0 bridgehead atoms. The fourth-order valence-electron chi connectivity index (χ4n) is 2.19. The fourth-order valence-corrected chi connectivity index (χ4v) is 2.38. The number of rotatable bonds is 4. The van der Waals surface area contributed by atoms with Gasteiger partial charge in [-0.1, -0.05) is 17.7 Å². The predicted molar refractivity (Wildman–Crippen MR) is 94.7 cm³/mol. The molecule has 2 aromatic carbocycles. The van der Waals surface area contributed by atoms with Crippen LogP contribution in [0.4, 0.5) is 14.9 Å². The van der Waals surface area contributed by atoms with Gasteiger partial charge in [-0.3, -0.25) is 0 Å². The van der Waals surface area contributed by atoms with E-state index >= 15 is 0 Å². The van der Waals surface area contributed by atoms with E-state index in [1.54, 1.807) is 42.5 Å². The lowest BCUT2D eigenvalue weighted by Crippen LogP contribution is -2.28. The van der Waals surface area contributed by atoms with Gasteiger partial charge < -0.3 is 10.6 Å². The molecule has 0 spiro atoms. The summed E-state index contributed by atoms with van der Waals surface area (Å²) in [5, 5.41) is 5.94. The number of hydrogen-bond donors (Lipinski definition) is 2. The Balaban J connectivity index is 1.62. The highest BCUT2D eigenvalue weighted by Gasteiger charge is 2.05. The molecule has 0 radical (unpaired) electrons. The summed E-state index contributed by atoms with van der Waals surface area (Å²) in [6, 6.07) is 14.3. The quantitative estimate of drug-likeness (QED) is 0.734. The molecule has 1 heterocycles. The molecular weight excluding hydrogens is 343 g/mol. The average molecular weight is 357 g/mol. The number of urea groups is 1. The lowest BCUT2D eigenvalue weighted by Gasteiger charge is -2.08. The standard InChI is InChI=1S/C18H14ClFN4O/c19-13-2-1-3-15(8-13)24-18(25)21-10-16-9-17(23-11-22-16)12-4-6-14(20)7-5-12/h1-9,11H,10H2,(H2,21,24,25). The van der Waals surface area contributed by atoms with Crippen molar-refractivity contribution in [1.82, 2.24) is 15.3 Å². The van der Waals surface area contributed by atoms with Crippen LogP contribution < -0.4 is 10.6 Å². The van der Waals surface area contributed by atoms with Crippen LogP contribution >= 0.6 is 11.6 Å². The van der Waals surface area contributed by atoms with Crippen molar-refractivity contribution in [1.29, 1.82) is 0 Å². The molecule has 2 N–H and O–H groups in total. The third kappa shape index (κ3) is 4.74. The molecule has 25 heavy (non-hydrogen) atoms. The number of aromatic nitrogens is 2. The van der Waals surface area contributed by atoms with Gasteiger partial charge in [-0.15, -0.1) is 0 Å². The van der Waals surface area contributed by atoms with E-state index in [9.17, 15) is 9.18 Å². The molecule has 3 rings (SSSR count). The lowest BCUT2D eigenvalue weighted by atomic mass is 10.1. The van der Waals surface area contributed by atoms with Crippen LogP contribution in [0.1, 0.15) is 5.69 Å². The zero-order valence-corrected chi connectivity index (χ0v) is 13.8. The molecule has 1 aromatic heterocycles. The van der Waals surface area contributed by atoms with Crippen molar-refractivity contribution >= 4 is 23.3 Å². The highest BCUT2D eigenvalue weighted by atomic mass is 35.5. The van der Waals surface area contributed by atoms with E-state index in [1.165, 1.54) is 18.5 Å². The van der Waals surface area contributed by atoms with E-state index in [4.69, 9.17) is 11.6 Å². The number of hydrogen-bond acceptors (Lipinski definition) is 3. The molecule has 0 saturated heterocycles. The summed E-state index contributed by atoms with van der Waals surface area (Å²) >= 11 is 5.87. The van der Waals surface area contributed by atoms with E-state index in [0.717, 1.165) is 5.56 Å². The Kier molecular flexibility index (Phi) is 5.20. The van der Waals surface area contributed by atoms with Gasteiger partial charge in [0, 0.05) is 16.3 Å². The van der Waals surface area contributed by atoms with Gasteiger partial charge in [0.05, 0.1) is 17.9 Å². The fraction of sp³-hybridized carbons (Fsp3) is 0.0556. The summed E-state index contributed by atoms with van der Waals surface area (Å²) in [7, 11) is 0. The third-order valence-corrected chi connectivity index (χ3v) is 3.61. The minimum absolute atomic E-state index is 0.225. The topological polar surface area (TPSA) is 66.9 Å². The molecule has 3 aromatic rings. The van der Waals surface area contributed by atoms with Crippen LogP contribution in [0.5, 0.6) is 0 Å². The zero-order valence-electron chi connectivity index (χ0n) is 13.0. The molecule has 5 nitrogen and oxygen atoms in total. The first-order valence-corrected chi connectivity index (χ1v) is 7.85. The van der Waals surface area contributed by atoms with Gasteiger partial charge in [0.2, 0.25) is 0 Å². The third-order valence-electron chi connectivity index (χ3n) is 3.38. The second-order valence-electron chi connectivity index (χ2n) is 5.22. The van der Waals surface area contributed by atoms with Gasteiger partial charge >= 0.3 is 6.03 Å². The van der Waals surface area contributed by atoms with Crippen LogP contribution in [-0.4, -0.2) is 16.0 Å². The summed E-state index contributed by atoms with van der Waals surface area (Å²) in [6.07, 6.45) is 1.41. The maximum absolute atomic E-state index is 13.0. The molecule has 0 aliphatic carbocycles. The Labute approximate surface area is 148 Å². The van der Waals surface area contributed by atoms with Crippen LogP contribution in [0.2, 0.25) is 5.02 Å². The second kappa shape index (κ2) is 7.72. The van der Waals surface area contributed by atoms with Crippen molar-refractivity contribution in [3.63, 3.8) is 0 Å². The molecule has 7 heteroatoms. The Morgan fingerprint density at radius 3 is 2.64 bits per heavy atom. The van der Waals surface area contributed by atoms with E-state index in [2.05, 4.69) is 20.6 Å². The normalized spacial score (nSPS) is 10.3. The number of halogens is 2. The smallest absolute Gasteiger partial charge is 0.319 e. The van der Waals surface area contributed by atoms with Crippen LogP contribution in [0.25, 0.3) is 11.3 Å². The lowest BCUT2D eigenvalue weighted by molar-refractivity contribution is 0.251. The van der Waals surface area contributed by atoms with E-state index in [0.29, 0.717) is 22.1 Å². The summed E-state index contributed by atoms with van der Waals surface area (Å²) < 4.78 is 13.0. The maximum atomic E-state index is 13.0. The Morgan fingerprint density at radius 2 is 1.88 bits per heavy atom. The number of amides is 2. The van der Waals surface area contributed by atoms with Gasteiger partial charge in [-0.25, -0.2) is 19.2 Å². The SMILES string of the molecule is O=C(NCc1cc(-c2ccc(F)cc2)ncn1)Nc1cccc(Cl)c1. The zero-order chi connectivity index (χ0) is 17.6. The monoisotopic (exact) mass is 356 g/mol. The molecule has 0 aliphatic rings. The number of carbonyl (C=O) groups excluding carboxylic acids is 1. The molecule has 0 atom stereocenters. The van der Waals surface area contributed by atoms with Crippen LogP contribution in [0, 0.1) is 5.82 Å². The van der Waals surface area contributed by atoms with Crippen LogP contribution in [0.3, 0.4) is 0 Å². The average Bonchev–Trinajstić information content (AvgIpc) is 2.61. The number of nitrogens with zero attached hydrogens (tertiary/aromatic N) is 2.